The van der Waals surface area contributed by atoms with E-state index in [1.165, 1.54) is 15.9 Å². The molecule has 172 valence electrons. The van der Waals surface area contributed by atoms with Crippen LogP contribution in [0.4, 0.5) is 0 Å². The molecule has 0 aromatic heterocycles. The van der Waals surface area contributed by atoms with E-state index in [9.17, 15) is 0 Å². The van der Waals surface area contributed by atoms with Crippen molar-refractivity contribution in [3.05, 3.63) is 84.4 Å². The van der Waals surface area contributed by atoms with Crippen molar-refractivity contribution in [2.75, 3.05) is 7.11 Å². The normalized spacial score (nSPS) is 12.4. The molecule has 2 unspecified atom stereocenters. The molecule has 3 aromatic rings. The van der Waals surface area contributed by atoms with E-state index in [0.717, 1.165) is 17.7 Å². The maximum absolute atomic E-state index is 7.18. The largest absolute Gasteiger partial charge is 0.531 e. The SMILES string of the molecule is CC.COc1ccc(CP(P)Br)cc1O[Si](c1ccccc1)(c1ccccc1)C(C)(C)C. The zero-order valence-electron chi connectivity index (χ0n) is 19.9. The van der Waals surface area contributed by atoms with Gasteiger partial charge in [0.15, 0.2) is 5.75 Å². The zero-order valence-corrected chi connectivity index (χ0v) is 24.6. The molecule has 0 N–H and O–H groups in total. The van der Waals surface area contributed by atoms with Crippen molar-refractivity contribution in [3.8, 4) is 11.5 Å². The number of hydrogen-bond donors (Lipinski definition) is 0. The van der Waals surface area contributed by atoms with Gasteiger partial charge in [-0.15, -0.1) is 0 Å². The monoisotopic (exact) mass is 548 g/mol. The van der Waals surface area contributed by atoms with E-state index in [1.54, 1.807) is 7.11 Å². The lowest BCUT2D eigenvalue weighted by atomic mass is 10.2. The van der Waals surface area contributed by atoms with Gasteiger partial charge in [0.1, 0.15) is 5.75 Å². The van der Waals surface area contributed by atoms with Crippen LogP contribution in [-0.4, -0.2) is 15.4 Å². The van der Waals surface area contributed by atoms with Gasteiger partial charge in [0.05, 0.1) is 7.11 Å². The molecule has 0 aliphatic rings. The number of benzene rings is 3. The Hall–Kier alpha value is -1.18. The van der Waals surface area contributed by atoms with Gasteiger partial charge < -0.3 is 9.16 Å². The van der Waals surface area contributed by atoms with Gasteiger partial charge >= 0.3 is 8.32 Å². The van der Waals surface area contributed by atoms with Gasteiger partial charge in [-0.1, -0.05) is 126 Å². The lowest BCUT2D eigenvalue weighted by molar-refractivity contribution is 0.388. The number of methoxy groups -OCH3 is 1. The van der Waals surface area contributed by atoms with Crippen molar-refractivity contribution in [1.82, 2.24) is 0 Å². The van der Waals surface area contributed by atoms with Crippen molar-refractivity contribution < 1.29 is 9.16 Å². The van der Waals surface area contributed by atoms with E-state index >= 15 is 0 Å². The lowest BCUT2D eigenvalue weighted by Gasteiger charge is -2.43. The molecule has 0 saturated heterocycles. The first-order chi connectivity index (χ1) is 15.3. The molecule has 0 amide bonds. The summed E-state index contributed by atoms with van der Waals surface area (Å²) in [6, 6.07) is 27.7. The van der Waals surface area contributed by atoms with Crippen LogP contribution in [0.15, 0.2) is 78.9 Å². The molecular weight excluding hydrogens is 514 g/mol. The first-order valence-electron chi connectivity index (χ1n) is 10.9. The number of hydrogen-bond acceptors (Lipinski definition) is 2. The molecule has 0 spiro atoms. The van der Waals surface area contributed by atoms with Crippen LogP contribution in [0.2, 0.25) is 5.04 Å². The molecule has 0 fully saturated rings. The fourth-order valence-corrected chi connectivity index (χ4v) is 10.4. The standard InChI is InChI=1S/C24H29BrO2P2Si.C2H6/c1-24(2,3)30(20-11-7-5-8-12-20,21-13-9-6-10-14-21)27-23-17-19(18-29(25)28)15-16-22(23)26-4;1-2/h5-17H,18,28H2,1-4H3;1-2H3. The highest BCUT2D eigenvalue weighted by Crippen LogP contribution is 2.55. The first-order valence-corrected chi connectivity index (χ1v) is 18.0. The van der Waals surface area contributed by atoms with Crippen LogP contribution in [0.25, 0.3) is 0 Å². The topological polar surface area (TPSA) is 18.5 Å². The fraction of sp³-hybridized carbons (Fsp3) is 0.308. The molecule has 0 aliphatic heterocycles. The van der Waals surface area contributed by atoms with E-state index in [2.05, 4.69) is 118 Å². The summed E-state index contributed by atoms with van der Waals surface area (Å²) in [5.41, 5.74) is 1.24. The molecule has 3 rings (SSSR count). The Kier molecular flexibility index (Phi) is 10.4. The Morgan fingerprint density at radius 2 is 1.34 bits per heavy atom. The Balaban J connectivity index is 0.00000176. The van der Waals surface area contributed by atoms with Crippen molar-refractivity contribution in [2.45, 2.75) is 45.8 Å². The molecule has 0 heterocycles. The van der Waals surface area contributed by atoms with E-state index in [4.69, 9.17) is 9.16 Å². The molecule has 3 aromatic carbocycles. The fourth-order valence-electron chi connectivity index (χ4n) is 3.89. The predicted octanol–water partition coefficient (Wildman–Crippen LogP) is 7.74. The summed E-state index contributed by atoms with van der Waals surface area (Å²) in [4.78, 5) is 0. The molecular formula is C26H35BrO2P2Si. The summed E-state index contributed by atoms with van der Waals surface area (Å²) in [6.07, 6.45) is 0.657. The molecule has 2 atom stereocenters. The second-order valence-corrected chi connectivity index (χ2v) is 20.5. The van der Waals surface area contributed by atoms with Gasteiger partial charge in [0.2, 0.25) is 0 Å². The van der Waals surface area contributed by atoms with E-state index in [0.29, 0.717) is 0 Å². The van der Waals surface area contributed by atoms with Crippen LogP contribution in [-0.2, 0) is 6.16 Å². The Labute approximate surface area is 206 Å². The van der Waals surface area contributed by atoms with Crippen LogP contribution in [0, 0.1) is 0 Å². The molecule has 0 radical (unpaired) electrons. The van der Waals surface area contributed by atoms with Gasteiger partial charge in [0, 0.05) is 6.16 Å². The summed E-state index contributed by atoms with van der Waals surface area (Å²) < 4.78 is 12.9. The number of halogens is 1. The minimum atomic E-state index is -2.69. The van der Waals surface area contributed by atoms with Gasteiger partial charge in [-0.25, -0.2) is 0 Å². The predicted molar refractivity (Wildman–Crippen MR) is 152 cm³/mol. The van der Waals surface area contributed by atoms with Crippen LogP contribution in [0.1, 0.15) is 40.2 Å². The van der Waals surface area contributed by atoms with E-state index in [1.807, 2.05) is 19.9 Å². The summed E-state index contributed by atoms with van der Waals surface area (Å²) in [5, 5.41) is 2.41. The lowest BCUT2D eigenvalue weighted by Crippen LogP contribution is -2.68. The highest BCUT2D eigenvalue weighted by atomic mass is 79.9. The van der Waals surface area contributed by atoms with E-state index in [-0.39, 0.29) is 11.4 Å². The smallest absolute Gasteiger partial charge is 0.320 e. The third kappa shape index (κ3) is 6.23. The Morgan fingerprint density at radius 3 is 1.75 bits per heavy atom. The van der Waals surface area contributed by atoms with Crippen LogP contribution in [0.3, 0.4) is 0 Å². The van der Waals surface area contributed by atoms with Crippen LogP contribution >= 0.6 is 30.7 Å². The summed E-state index contributed by atoms with van der Waals surface area (Å²) in [7, 11) is 1.88. The minimum Gasteiger partial charge on any atom is -0.531 e. The Morgan fingerprint density at radius 1 is 0.844 bits per heavy atom. The molecule has 0 aliphatic carbocycles. The Bertz CT molecular complexity index is 921. The first kappa shape index (κ1) is 27.1. The van der Waals surface area contributed by atoms with E-state index < -0.39 is 8.32 Å². The highest BCUT2D eigenvalue weighted by molar-refractivity contribution is 9.44. The highest BCUT2D eigenvalue weighted by Gasteiger charge is 2.52. The summed E-state index contributed by atoms with van der Waals surface area (Å²) in [5.74, 6) is 1.59. The summed E-state index contributed by atoms with van der Waals surface area (Å²) in [6.45, 7) is 10.9. The molecule has 32 heavy (non-hydrogen) atoms. The maximum Gasteiger partial charge on any atom is 0.320 e. The average Bonchev–Trinajstić information content (AvgIpc) is 2.79. The van der Waals surface area contributed by atoms with Crippen molar-refractivity contribution >= 4 is 49.4 Å². The van der Waals surface area contributed by atoms with Crippen LogP contribution in [0.5, 0.6) is 11.5 Å². The van der Waals surface area contributed by atoms with Crippen molar-refractivity contribution in [3.63, 3.8) is 0 Å². The second kappa shape index (κ2) is 12.3. The maximum atomic E-state index is 7.18. The third-order valence-corrected chi connectivity index (χ3v) is 12.1. The second-order valence-electron chi connectivity index (χ2n) is 8.31. The number of rotatable bonds is 7. The molecule has 0 saturated carbocycles. The number of ether oxygens (including phenoxy) is 1. The molecule has 2 nitrogen and oxygen atoms in total. The quantitative estimate of drug-likeness (QED) is 0.222. The minimum absolute atomic E-state index is 0.0978. The molecule has 6 heteroatoms. The van der Waals surface area contributed by atoms with Gasteiger partial charge in [-0.05, 0) is 39.4 Å². The zero-order chi connectivity index (χ0) is 23.8. The molecule has 0 bridgehead atoms. The van der Waals surface area contributed by atoms with Gasteiger partial charge in [0.25, 0.3) is 0 Å². The third-order valence-electron chi connectivity index (χ3n) is 5.24. The van der Waals surface area contributed by atoms with Crippen molar-refractivity contribution in [2.24, 2.45) is 0 Å². The van der Waals surface area contributed by atoms with Gasteiger partial charge in [-0.3, -0.25) is 0 Å². The van der Waals surface area contributed by atoms with Gasteiger partial charge in [-0.2, -0.15) is 0 Å². The van der Waals surface area contributed by atoms with Crippen molar-refractivity contribution in [1.29, 1.82) is 0 Å². The van der Waals surface area contributed by atoms with Crippen LogP contribution < -0.4 is 19.5 Å². The average molecular weight is 550 g/mol. The summed E-state index contributed by atoms with van der Waals surface area (Å²) >= 11 is 3.70.